The van der Waals surface area contributed by atoms with E-state index < -0.39 is 0 Å². The third kappa shape index (κ3) is 2.19. The van der Waals surface area contributed by atoms with Gasteiger partial charge in [-0.15, -0.1) is 0 Å². The molecule has 0 amide bonds. The van der Waals surface area contributed by atoms with Gasteiger partial charge < -0.3 is 10.6 Å². The molecule has 0 radical (unpaired) electrons. The fraction of sp³-hybridized carbons (Fsp3) is 0.538. The van der Waals surface area contributed by atoms with Crippen molar-refractivity contribution in [3.63, 3.8) is 0 Å². The van der Waals surface area contributed by atoms with Crippen LogP contribution in [-0.4, -0.2) is 18.1 Å². The summed E-state index contributed by atoms with van der Waals surface area (Å²) in [4.78, 5) is 2.25. The summed E-state index contributed by atoms with van der Waals surface area (Å²) in [5.74, 6) is -0.178. The van der Waals surface area contributed by atoms with E-state index in [4.69, 9.17) is 5.73 Å². The summed E-state index contributed by atoms with van der Waals surface area (Å²) >= 11 is 0. The van der Waals surface area contributed by atoms with Crippen LogP contribution in [0.3, 0.4) is 0 Å². The summed E-state index contributed by atoms with van der Waals surface area (Å²) in [6.45, 7) is 5.23. The lowest BCUT2D eigenvalue weighted by Crippen LogP contribution is -2.53. The predicted octanol–water partition coefficient (Wildman–Crippen LogP) is 2.53. The minimum absolute atomic E-state index is 0.00542. The second-order valence-corrected chi connectivity index (χ2v) is 5.20. The summed E-state index contributed by atoms with van der Waals surface area (Å²) in [5.41, 5.74) is 6.94. The average Bonchev–Trinajstić information content (AvgIpc) is 2.15. The Kier molecular flexibility index (Phi) is 2.89. The van der Waals surface area contributed by atoms with Gasteiger partial charge >= 0.3 is 0 Å². The largest absolute Gasteiger partial charge is 0.366 e. The minimum Gasteiger partial charge on any atom is -0.366 e. The van der Waals surface area contributed by atoms with Crippen LogP contribution in [-0.2, 0) is 0 Å². The zero-order valence-corrected chi connectivity index (χ0v) is 9.91. The van der Waals surface area contributed by atoms with E-state index in [2.05, 4.69) is 18.7 Å². The van der Waals surface area contributed by atoms with Crippen molar-refractivity contribution in [2.24, 2.45) is 5.73 Å². The molecular weight excluding hydrogens is 203 g/mol. The smallest absolute Gasteiger partial charge is 0.125 e. The Bertz CT molecular complexity index is 376. The van der Waals surface area contributed by atoms with Crippen molar-refractivity contribution >= 4 is 5.69 Å². The molecule has 1 heterocycles. The first-order valence-electron chi connectivity index (χ1n) is 5.78. The normalized spacial score (nSPS) is 24.5. The Morgan fingerprint density at radius 1 is 1.44 bits per heavy atom. The van der Waals surface area contributed by atoms with Gasteiger partial charge in [0.25, 0.3) is 0 Å². The third-order valence-corrected chi connectivity index (χ3v) is 3.34. The fourth-order valence-electron chi connectivity index (χ4n) is 2.57. The molecule has 2 rings (SSSR count). The SMILES string of the molecule is CC1(C)CC(N)CCN1c1cccc(F)c1. The molecule has 3 heteroatoms. The van der Waals surface area contributed by atoms with Crippen molar-refractivity contribution in [1.82, 2.24) is 0 Å². The maximum Gasteiger partial charge on any atom is 0.125 e. The van der Waals surface area contributed by atoms with Gasteiger partial charge in [0.1, 0.15) is 5.82 Å². The number of hydrogen-bond donors (Lipinski definition) is 1. The molecule has 2 N–H and O–H groups in total. The molecule has 1 saturated heterocycles. The van der Waals surface area contributed by atoms with E-state index in [1.165, 1.54) is 6.07 Å². The van der Waals surface area contributed by atoms with Crippen molar-refractivity contribution in [2.75, 3.05) is 11.4 Å². The van der Waals surface area contributed by atoms with E-state index in [1.807, 2.05) is 6.07 Å². The highest BCUT2D eigenvalue weighted by Gasteiger charge is 2.33. The topological polar surface area (TPSA) is 29.3 Å². The van der Waals surface area contributed by atoms with Crippen LogP contribution in [0.25, 0.3) is 0 Å². The van der Waals surface area contributed by atoms with Crippen LogP contribution in [0.5, 0.6) is 0 Å². The number of rotatable bonds is 1. The maximum atomic E-state index is 13.2. The first kappa shape index (κ1) is 11.4. The minimum atomic E-state index is -0.178. The van der Waals surface area contributed by atoms with E-state index in [0.29, 0.717) is 0 Å². The van der Waals surface area contributed by atoms with Gasteiger partial charge in [-0.25, -0.2) is 4.39 Å². The molecule has 1 aliphatic heterocycles. The summed E-state index contributed by atoms with van der Waals surface area (Å²) in [6, 6.07) is 7.06. The van der Waals surface area contributed by atoms with Gasteiger partial charge in [-0.3, -0.25) is 0 Å². The highest BCUT2D eigenvalue weighted by Crippen LogP contribution is 2.32. The fourth-order valence-corrected chi connectivity index (χ4v) is 2.57. The molecule has 0 aromatic heterocycles. The Morgan fingerprint density at radius 3 is 2.81 bits per heavy atom. The molecule has 16 heavy (non-hydrogen) atoms. The van der Waals surface area contributed by atoms with E-state index in [0.717, 1.165) is 25.1 Å². The Labute approximate surface area is 96.2 Å². The molecule has 1 aromatic rings. The van der Waals surface area contributed by atoms with E-state index in [-0.39, 0.29) is 17.4 Å². The van der Waals surface area contributed by atoms with Crippen molar-refractivity contribution < 1.29 is 4.39 Å². The number of hydrogen-bond acceptors (Lipinski definition) is 2. The zero-order chi connectivity index (χ0) is 11.8. The Hall–Kier alpha value is -1.09. The summed E-state index contributed by atoms with van der Waals surface area (Å²) < 4.78 is 13.2. The standard InChI is InChI=1S/C13H19FN2/c1-13(2)9-11(15)6-7-16(13)12-5-3-4-10(14)8-12/h3-5,8,11H,6-7,9,15H2,1-2H3. The molecule has 1 aliphatic rings. The molecular formula is C13H19FN2. The lowest BCUT2D eigenvalue weighted by molar-refractivity contribution is 0.327. The van der Waals surface area contributed by atoms with Gasteiger partial charge in [0, 0.05) is 23.8 Å². The number of halogens is 1. The van der Waals surface area contributed by atoms with Crippen LogP contribution in [0.4, 0.5) is 10.1 Å². The molecule has 1 atom stereocenters. The first-order valence-corrected chi connectivity index (χ1v) is 5.78. The van der Waals surface area contributed by atoms with Crippen molar-refractivity contribution in [3.05, 3.63) is 30.1 Å². The van der Waals surface area contributed by atoms with Crippen molar-refractivity contribution in [3.8, 4) is 0 Å². The molecule has 0 aliphatic carbocycles. The molecule has 2 nitrogen and oxygen atoms in total. The highest BCUT2D eigenvalue weighted by molar-refractivity contribution is 5.49. The van der Waals surface area contributed by atoms with Crippen molar-refractivity contribution in [2.45, 2.75) is 38.3 Å². The van der Waals surface area contributed by atoms with Gasteiger partial charge in [0.05, 0.1) is 0 Å². The van der Waals surface area contributed by atoms with Gasteiger partial charge in [0.2, 0.25) is 0 Å². The van der Waals surface area contributed by atoms with Gasteiger partial charge in [-0.2, -0.15) is 0 Å². The first-order chi connectivity index (χ1) is 7.49. The van der Waals surface area contributed by atoms with Crippen molar-refractivity contribution in [1.29, 1.82) is 0 Å². The van der Waals surface area contributed by atoms with E-state index >= 15 is 0 Å². The van der Waals surface area contributed by atoms with Crippen LogP contribution in [0.2, 0.25) is 0 Å². The monoisotopic (exact) mass is 222 g/mol. The van der Waals surface area contributed by atoms with Crippen LogP contribution < -0.4 is 10.6 Å². The quantitative estimate of drug-likeness (QED) is 0.791. The van der Waals surface area contributed by atoms with Gasteiger partial charge in [-0.1, -0.05) is 6.07 Å². The highest BCUT2D eigenvalue weighted by atomic mass is 19.1. The summed E-state index contributed by atoms with van der Waals surface area (Å²) in [7, 11) is 0. The molecule has 1 fully saturated rings. The molecule has 0 bridgehead atoms. The zero-order valence-electron chi connectivity index (χ0n) is 9.91. The van der Waals surface area contributed by atoms with E-state index in [9.17, 15) is 4.39 Å². The number of nitrogens with zero attached hydrogens (tertiary/aromatic N) is 1. The van der Waals surface area contributed by atoms with Crippen LogP contribution in [0.1, 0.15) is 26.7 Å². The summed E-state index contributed by atoms with van der Waals surface area (Å²) in [6.07, 6.45) is 1.92. The number of anilines is 1. The third-order valence-electron chi connectivity index (χ3n) is 3.34. The number of benzene rings is 1. The molecule has 88 valence electrons. The number of piperidine rings is 1. The second kappa shape index (κ2) is 4.06. The lowest BCUT2D eigenvalue weighted by atomic mass is 9.87. The lowest BCUT2D eigenvalue weighted by Gasteiger charge is -2.46. The summed E-state index contributed by atoms with van der Waals surface area (Å²) in [5, 5.41) is 0. The molecule has 1 aromatic carbocycles. The average molecular weight is 222 g/mol. The number of nitrogens with two attached hydrogens (primary N) is 1. The molecule has 0 spiro atoms. The molecule has 1 unspecified atom stereocenters. The van der Waals surface area contributed by atoms with Gasteiger partial charge in [0.15, 0.2) is 0 Å². The predicted molar refractivity (Wildman–Crippen MR) is 65.0 cm³/mol. The second-order valence-electron chi connectivity index (χ2n) is 5.20. The Morgan fingerprint density at radius 2 is 2.19 bits per heavy atom. The maximum absolute atomic E-state index is 13.2. The van der Waals surface area contributed by atoms with Crippen LogP contribution in [0.15, 0.2) is 24.3 Å². The Balaban J connectivity index is 2.27. The van der Waals surface area contributed by atoms with Gasteiger partial charge in [-0.05, 0) is 44.9 Å². The van der Waals surface area contributed by atoms with E-state index in [1.54, 1.807) is 12.1 Å². The van der Waals surface area contributed by atoms with Crippen LogP contribution >= 0.6 is 0 Å². The molecule has 0 saturated carbocycles. The van der Waals surface area contributed by atoms with Crippen LogP contribution in [0, 0.1) is 5.82 Å².